The monoisotopic (exact) mass is 359 g/mol. The number of hydrogen-bond acceptors (Lipinski definition) is 5. The van der Waals surface area contributed by atoms with Crippen molar-refractivity contribution in [1.29, 1.82) is 0 Å². The molecule has 0 aliphatic rings. The molecule has 0 saturated heterocycles. The van der Waals surface area contributed by atoms with Crippen LogP contribution in [0, 0.1) is 6.92 Å². The number of benzene rings is 3. The lowest BCUT2D eigenvalue weighted by atomic mass is 9.97. The highest BCUT2D eigenvalue weighted by atomic mass is 16.5. The Balaban J connectivity index is 1.58. The molecule has 5 nitrogen and oxygen atoms in total. The van der Waals surface area contributed by atoms with E-state index in [-0.39, 0.29) is 5.92 Å². The van der Waals surface area contributed by atoms with Gasteiger partial charge in [-0.3, -0.25) is 0 Å². The van der Waals surface area contributed by atoms with E-state index in [9.17, 15) is 0 Å². The van der Waals surface area contributed by atoms with Gasteiger partial charge in [0.1, 0.15) is 5.75 Å². The number of ether oxygens (including phenoxy) is 1. The second-order valence-corrected chi connectivity index (χ2v) is 6.58. The molecule has 27 heavy (non-hydrogen) atoms. The van der Waals surface area contributed by atoms with Gasteiger partial charge < -0.3 is 14.5 Å². The fourth-order valence-corrected chi connectivity index (χ4v) is 3.07. The lowest BCUT2D eigenvalue weighted by Crippen LogP contribution is -1.96. The van der Waals surface area contributed by atoms with Gasteiger partial charge in [0.15, 0.2) is 0 Å². The molecule has 1 atom stereocenters. The molecule has 1 unspecified atom stereocenters. The molecule has 0 aliphatic carbocycles. The summed E-state index contributed by atoms with van der Waals surface area (Å²) >= 11 is 0. The van der Waals surface area contributed by atoms with Gasteiger partial charge in [-0.1, -0.05) is 47.6 Å². The molecule has 0 fully saturated rings. The van der Waals surface area contributed by atoms with Crippen LogP contribution in [-0.2, 0) is 0 Å². The Kier molecular flexibility index (Phi) is 4.50. The van der Waals surface area contributed by atoms with Crippen molar-refractivity contribution in [2.75, 3.05) is 12.4 Å². The topological polar surface area (TPSA) is 60.2 Å². The van der Waals surface area contributed by atoms with E-state index in [0.29, 0.717) is 11.9 Å². The number of nitrogens with zero attached hydrogens (tertiary/aromatic N) is 2. The number of hydrogen-bond donors (Lipinski definition) is 1. The van der Waals surface area contributed by atoms with Crippen molar-refractivity contribution in [3.63, 3.8) is 0 Å². The van der Waals surface area contributed by atoms with Crippen molar-refractivity contribution in [3.8, 4) is 5.75 Å². The zero-order chi connectivity index (χ0) is 18.8. The van der Waals surface area contributed by atoms with Crippen LogP contribution in [0.15, 0.2) is 65.1 Å². The van der Waals surface area contributed by atoms with Gasteiger partial charge in [-0.05, 0) is 53.9 Å². The third-order valence-corrected chi connectivity index (χ3v) is 4.77. The van der Waals surface area contributed by atoms with Gasteiger partial charge in [-0.2, -0.15) is 0 Å². The van der Waals surface area contributed by atoms with Crippen LogP contribution in [0.2, 0.25) is 0 Å². The molecular weight excluding hydrogens is 338 g/mol. The molecule has 3 aromatic carbocycles. The van der Waals surface area contributed by atoms with Gasteiger partial charge in [0.25, 0.3) is 0 Å². The van der Waals surface area contributed by atoms with E-state index >= 15 is 0 Å². The SMILES string of the molecule is COc1ccc2cc(C(C)c3nnc(Nc4ccccc4C)o3)ccc2c1. The Morgan fingerprint density at radius 2 is 1.74 bits per heavy atom. The Bertz CT molecular complexity index is 1090. The van der Waals surface area contributed by atoms with Crippen molar-refractivity contribution < 1.29 is 9.15 Å². The summed E-state index contributed by atoms with van der Waals surface area (Å²) in [7, 11) is 1.68. The largest absolute Gasteiger partial charge is 0.497 e. The first-order valence-corrected chi connectivity index (χ1v) is 8.88. The first kappa shape index (κ1) is 17.1. The second kappa shape index (κ2) is 7.11. The zero-order valence-electron chi connectivity index (χ0n) is 15.6. The Morgan fingerprint density at radius 3 is 2.56 bits per heavy atom. The van der Waals surface area contributed by atoms with Crippen molar-refractivity contribution in [1.82, 2.24) is 10.2 Å². The predicted molar refractivity (Wildman–Crippen MR) is 107 cm³/mol. The average Bonchev–Trinajstić information content (AvgIpc) is 3.17. The van der Waals surface area contributed by atoms with Crippen LogP contribution >= 0.6 is 0 Å². The Labute approximate surface area is 158 Å². The molecule has 0 aliphatic heterocycles. The normalized spacial score (nSPS) is 12.1. The maximum atomic E-state index is 5.85. The molecule has 1 heterocycles. The van der Waals surface area contributed by atoms with Crippen molar-refractivity contribution in [2.24, 2.45) is 0 Å². The van der Waals surface area contributed by atoms with Crippen LogP contribution in [0.1, 0.15) is 29.9 Å². The first-order valence-electron chi connectivity index (χ1n) is 8.88. The fourth-order valence-electron chi connectivity index (χ4n) is 3.07. The fraction of sp³-hybridized carbons (Fsp3) is 0.182. The molecule has 1 N–H and O–H groups in total. The maximum absolute atomic E-state index is 5.85. The maximum Gasteiger partial charge on any atom is 0.320 e. The van der Waals surface area contributed by atoms with Gasteiger partial charge in [0.2, 0.25) is 5.89 Å². The lowest BCUT2D eigenvalue weighted by molar-refractivity contribution is 0.415. The van der Waals surface area contributed by atoms with Crippen LogP contribution in [0.25, 0.3) is 10.8 Å². The van der Waals surface area contributed by atoms with Gasteiger partial charge >= 0.3 is 6.01 Å². The van der Waals surface area contributed by atoms with Crippen molar-refractivity contribution >= 4 is 22.5 Å². The number of aromatic nitrogens is 2. The predicted octanol–water partition coefficient (Wildman–Crippen LogP) is 5.44. The molecule has 136 valence electrons. The Morgan fingerprint density at radius 1 is 0.963 bits per heavy atom. The molecule has 1 aromatic heterocycles. The Hall–Kier alpha value is -3.34. The minimum absolute atomic E-state index is 0.00331. The van der Waals surface area contributed by atoms with Crippen LogP contribution in [0.5, 0.6) is 5.75 Å². The number of rotatable bonds is 5. The summed E-state index contributed by atoms with van der Waals surface area (Å²) in [5.74, 6) is 1.43. The summed E-state index contributed by atoms with van der Waals surface area (Å²) in [4.78, 5) is 0. The smallest absolute Gasteiger partial charge is 0.320 e. The van der Waals surface area contributed by atoms with E-state index in [1.807, 2.05) is 43.3 Å². The molecule has 0 spiro atoms. The van der Waals surface area contributed by atoms with E-state index in [4.69, 9.17) is 9.15 Å². The number of para-hydroxylation sites is 1. The minimum Gasteiger partial charge on any atom is -0.497 e. The summed E-state index contributed by atoms with van der Waals surface area (Å²) in [6, 6.07) is 20.8. The van der Waals surface area contributed by atoms with Gasteiger partial charge in [-0.15, -0.1) is 5.10 Å². The summed E-state index contributed by atoms with van der Waals surface area (Å²) in [6.45, 7) is 4.10. The van der Waals surface area contributed by atoms with Crippen LogP contribution in [0.3, 0.4) is 0 Å². The highest BCUT2D eigenvalue weighted by molar-refractivity contribution is 5.84. The van der Waals surface area contributed by atoms with Crippen molar-refractivity contribution in [3.05, 3.63) is 77.7 Å². The lowest BCUT2D eigenvalue weighted by Gasteiger charge is -2.10. The second-order valence-electron chi connectivity index (χ2n) is 6.58. The number of anilines is 2. The van der Waals surface area contributed by atoms with E-state index in [0.717, 1.165) is 33.3 Å². The number of methoxy groups -OCH3 is 1. The summed E-state index contributed by atoms with van der Waals surface area (Å²) in [6.07, 6.45) is 0. The molecule has 0 bridgehead atoms. The quantitative estimate of drug-likeness (QED) is 0.514. The van der Waals surface area contributed by atoms with Gasteiger partial charge in [-0.25, -0.2) is 0 Å². The first-order chi connectivity index (χ1) is 13.1. The van der Waals surface area contributed by atoms with Gasteiger partial charge in [0, 0.05) is 5.69 Å². The molecule has 4 rings (SSSR count). The molecule has 0 saturated carbocycles. The molecule has 5 heteroatoms. The minimum atomic E-state index is -0.00331. The van der Waals surface area contributed by atoms with Gasteiger partial charge in [0.05, 0.1) is 13.0 Å². The average molecular weight is 359 g/mol. The van der Waals surface area contributed by atoms with Crippen molar-refractivity contribution in [2.45, 2.75) is 19.8 Å². The van der Waals surface area contributed by atoms with E-state index in [2.05, 4.69) is 46.7 Å². The molecule has 0 amide bonds. The summed E-state index contributed by atoms with van der Waals surface area (Å²) < 4.78 is 11.1. The third kappa shape index (κ3) is 3.49. The van der Waals surface area contributed by atoms with E-state index in [1.54, 1.807) is 7.11 Å². The number of fused-ring (bicyclic) bond motifs is 1. The van der Waals surface area contributed by atoms with Crippen LogP contribution in [0.4, 0.5) is 11.7 Å². The number of aryl methyl sites for hydroxylation is 1. The van der Waals surface area contributed by atoms with Crippen LogP contribution < -0.4 is 10.1 Å². The third-order valence-electron chi connectivity index (χ3n) is 4.77. The van der Waals surface area contributed by atoms with Crippen LogP contribution in [-0.4, -0.2) is 17.3 Å². The zero-order valence-corrected chi connectivity index (χ0v) is 15.6. The molecule has 0 radical (unpaired) electrons. The van der Waals surface area contributed by atoms with E-state index < -0.39 is 0 Å². The standard InChI is InChI=1S/C22H21N3O2/c1-14-6-4-5-7-20(14)23-22-25-24-21(27-22)15(2)16-8-9-18-13-19(26-3)11-10-17(18)12-16/h4-13,15H,1-3H3,(H,23,25). The van der Waals surface area contributed by atoms with E-state index in [1.165, 1.54) is 0 Å². The molecule has 4 aromatic rings. The summed E-state index contributed by atoms with van der Waals surface area (Å²) in [5.41, 5.74) is 3.20. The summed E-state index contributed by atoms with van der Waals surface area (Å²) in [5, 5.41) is 13.8. The number of nitrogens with one attached hydrogen (secondary N) is 1. The molecular formula is C22H21N3O2. The highest BCUT2D eigenvalue weighted by Gasteiger charge is 2.17. The highest BCUT2D eigenvalue weighted by Crippen LogP contribution is 2.29.